The molecule has 0 amide bonds. The molecule has 23 heavy (non-hydrogen) atoms. The van der Waals surface area contributed by atoms with E-state index < -0.39 is 0 Å². The largest absolute Gasteiger partial charge is 1.00 e. The van der Waals surface area contributed by atoms with E-state index in [0.717, 1.165) is 11.1 Å². The molecule has 0 aromatic heterocycles. The zero-order chi connectivity index (χ0) is 16.3. The van der Waals surface area contributed by atoms with Crippen molar-refractivity contribution in [3.05, 3.63) is 58.1 Å². The molecule has 0 N–H and O–H groups in total. The molecule has 0 spiro atoms. The summed E-state index contributed by atoms with van der Waals surface area (Å²) in [4.78, 5) is 12.4. The third-order valence-electron chi connectivity index (χ3n) is 2.73. The number of benzene rings is 2. The molecule has 118 valence electrons. The van der Waals surface area contributed by atoms with Gasteiger partial charge in [-0.05, 0) is 58.9 Å². The van der Waals surface area contributed by atoms with Crippen molar-refractivity contribution >= 4 is 42.6 Å². The molecule has 0 aliphatic heterocycles. The third kappa shape index (κ3) is 6.15. The molecule has 1 unspecified atom stereocenters. The molecule has 0 radical (unpaired) electrons. The van der Waals surface area contributed by atoms with E-state index in [0.29, 0.717) is 15.6 Å². The summed E-state index contributed by atoms with van der Waals surface area (Å²) in [7, 11) is -0.0304. The number of rotatable bonds is 4. The third-order valence-corrected chi connectivity index (χ3v) is 4.46. The van der Waals surface area contributed by atoms with Crippen LogP contribution in [0, 0.1) is 0 Å². The van der Waals surface area contributed by atoms with Gasteiger partial charge in [0.05, 0.1) is 15.6 Å². The fourth-order valence-electron chi connectivity index (χ4n) is 1.87. The minimum Gasteiger partial charge on any atom is -1.00 e. The number of halogens is 2. The molecular formula is C17H18Cl2LiO2P. The van der Waals surface area contributed by atoms with Gasteiger partial charge in [-0.1, -0.05) is 41.4 Å². The molecule has 0 aliphatic rings. The molecule has 2 aromatic rings. The van der Waals surface area contributed by atoms with Crippen LogP contribution in [-0.4, -0.2) is 11.1 Å². The van der Waals surface area contributed by atoms with Crippen LogP contribution in [-0.2, 0) is 0 Å². The van der Waals surface area contributed by atoms with E-state index in [4.69, 9.17) is 27.9 Å². The summed E-state index contributed by atoms with van der Waals surface area (Å²) < 4.78 is 5.76. The van der Waals surface area contributed by atoms with Gasteiger partial charge in [-0.3, -0.25) is 4.79 Å². The Balaban J connectivity index is 0.00000264. The van der Waals surface area contributed by atoms with Gasteiger partial charge in [0.15, 0.2) is 5.52 Å². The maximum absolute atomic E-state index is 12.4. The van der Waals surface area contributed by atoms with Crippen LogP contribution < -0.4 is 28.9 Å². The van der Waals surface area contributed by atoms with E-state index in [2.05, 4.69) is 0 Å². The Morgan fingerprint density at radius 3 is 2.04 bits per heavy atom. The van der Waals surface area contributed by atoms with Crippen LogP contribution in [0.4, 0.5) is 0 Å². The van der Waals surface area contributed by atoms with Crippen molar-refractivity contribution in [1.82, 2.24) is 0 Å². The molecule has 0 saturated heterocycles. The van der Waals surface area contributed by atoms with Crippen molar-refractivity contribution in [2.24, 2.45) is 0 Å². The Hall–Kier alpha value is -0.483. The molecule has 2 rings (SSSR count). The minimum absolute atomic E-state index is 0. The summed E-state index contributed by atoms with van der Waals surface area (Å²) in [6.45, 7) is 5.97. The van der Waals surface area contributed by atoms with Crippen molar-refractivity contribution in [2.75, 3.05) is 0 Å². The number of hydrogen-bond acceptors (Lipinski definition) is 2. The summed E-state index contributed by atoms with van der Waals surface area (Å²) in [5.74, 6) is 0.782. The van der Waals surface area contributed by atoms with Crippen molar-refractivity contribution < 1.29 is 29.8 Å². The van der Waals surface area contributed by atoms with Crippen molar-refractivity contribution in [1.29, 1.82) is 0 Å². The second-order valence-corrected chi connectivity index (χ2v) is 7.89. The predicted octanol–water partition coefficient (Wildman–Crippen LogP) is 2.43. The van der Waals surface area contributed by atoms with Gasteiger partial charge in [-0.25, -0.2) is 0 Å². The predicted molar refractivity (Wildman–Crippen MR) is 96.7 cm³/mol. The van der Waals surface area contributed by atoms with Gasteiger partial charge in [-0.15, -0.1) is 0 Å². The van der Waals surface area contributed by atoms with Gasteiger partial charge >= 0.3 is 18.9 Å². The van der Waals surface area contributed by atoms with Gasteiger partial charge in [0, 0.05) is 0 Å². The second-order valence-electron chi connectivity index (χ2n) is 5.79. The zero-order valence-corrected chi connectivity index (χ0v) is 16.1. The Morgan fingerprint density at radius 1 is 1.04 bits per heavy atom. The first kappa shape index (κ1) is 20.6. The monoisotopic (exact) mass is 362 g/mol. The van der Waals surface area contributed by atoms with Gasteiger partial charge < -0.3 is 6.16 Å². The van der Waals surface area contributed by atoms with Crippen molar-refractivity contribution in [3.63, 3.8) is 0 Å². The number of carbonyl (C=O) groups excluding carboxylic acids is 1. The van der Waals surface area contributed by atoms with E-state index in [1.54, 1.807) is 18.2 Å². The van der Waals surface area contributed by atoms with E-state index in [9.17, 15) is 4.79 Å². The first-order chi connectivity index (χ1) is 10.3. The van der Waals surface area contributed by atoms with Crippen LogP contribution in [0.15, 0.2) is 42.5 Å². The van der Waals surface area contributed by atoms with E-state index >= 15 is 0 Å². The fraction of sp³-hybridized carbons (Fsp3) is 0.235. The molecule has 0 fully saturated rings. The summed E-state index contributed by atoms with van der Waals surface area (Å²) in [6.07, 6.45) is 0. The maximum Gasteiger partial charge on any atom is 1.00 e. The standard InChI is InChI=1S/C17H17Cl2O2P.Li.H/c1-17(2,3)21-11-7-9-12(10-8-11)22-16(20)15-13(18)5-4-6-14(15)19;;/h4-10,22H,1-3H3;;/q;+1;-1. The average molecular weight is 363 g/mol. The van der Waals surface area contributed by atoms with Gasteiger partial charge in [0.25, 0.3) is 0 Å². The Bertz CT molecular complexity index is 668. The second kappa shape index (κ2) is 8.57. The number of ether oxygens (including phenoxy) is 1. The van der Waals surface area contributed by atoms with Gasteiger partial charge in [0.2, 0.25) is 0 Å². The van der Waals surface area contributed by atoms with Crippen LogP contribution in [0.5, 0.6) is 5.75 Å². The number of hydrogen-bond donors (Lipinski definition) is 0. The molecule has 0 saturated carbocycles. The van der Waals surface area contributed by atoms with Crippen LogP contribution in [0.3, 0.4) is 0 Å². The minimum atomic E-state index is -0.245. The SMILES string of the molecule is CC(C)(C)Oc1ccc(PC(=O)c2c(Cl)cccc2Cl)cc1.[H-].[Li+]. The molecule has 2 aromatic carbocycles. The Labute approximate surface area is 162 Å². The Kier molecular flexibility index (Phi) is 7.66. The van der Waals surface area contributed by atoms with E-state index in [1.807, 2.05) is 45.0 Å². The summed E-state index contributed by atoms with van der Waals surface area (Å²) >= 11 is 12.1. The van der Waals surface area contributed by atoms with Crippen LogP contribution in [0.25, 0.3) is 0 Å². The zero-order valence-electron chi connectivity index (χ0n) is 14.6. The summed E-state index contributed by atoms with van der Waals surface area (Å²) in [5, 5.41) is 1.69. The smallest absolute Gasteiger partial charge is 1.00 e. The van der Waals surface area contributed by atoms with Crippen LogP contribution >= 0.6 is 31.8 Å². The molecule has 0 aliphatic carbocycles. The topological polar surface area (TPSA) is 26.3 Å². The normalized spacial score (nSPS) is 11.3. The molecule has 2 nitrogen and oxygen atoms in total. The average Bonchev–Trinajstić information content (AvgIpc) is 2.39. The van der Waals surface area contributed by atoms with E-state index in [1.165, 1.54) is 0 Å². The van der Waals surface area contributed by atoms with Gasteiger partial charge in [0.1, 0.15) is 11.4 Å². The Morgan fingerprint density at radius 2 is 1.57 bits per heavy atom. The van der Waals surface area contributed by atoms with Crippen LogP contribution in [0.2, 0.25) is 10.0 Å². The first-order valence-electron chi connectivity index (χ1n) is 6.81. The quantitative estimate of drug-likeness (QED) is 0.616. The van der Waals surface area contributed by atoms with Crippen LogP contribution in [0.1, 0.15) is 32.6 Å². The summed E-state index contributed by atoms with van der Waals surface area (Å²) in [5.41, 5.74) is 0.0734. The first-order valence-corrected chi connectivity index (χ1v) is 8.56. The molecule has 1 atom stereocenters. The van der Waals surface area contributed by atoms with Gasteiger partial charge in [-0.2, -0.15) is 0 Å². The van der Waals surface area contributed by atoms with E-state index in [-0.39, 0.29) is 40.0 Å². The maximum atomic E-state index is 12.4. The molecular weight excluding hydrogens is 345 g/mol. The molecule has 6 heteroatoms. The molecule has 0 heterocycles. The molecule has 0 bridgehead atoms. The number of carbonyl (C=O) groups is 1. The summed E-state index contributed by atoms with van der Waals surface area (Å²) in [6, 6.07) is 12.6. The fourth-order valence-corrected chi connectivity index (χ4v) is 3.59. The van der Waals surface area contributed by atoms with Crippen molar-refractivity contribution in [2.45, 2.75) is 26.4 Å². The van der Waals surface area contributed by atoms with Crippen molar-refractivity contribution in [3.8, 4) is 5.75 Å².